The molecule has 1 aromatic heterocycles. The highest BCUT2D eigenvalue weighted by molar-refractivity contribution is 5.76. The van der Waals surface area contributed by atoms with Crippen LogP contribution in [0.25, 0.3) is 0 Å². The minimum absolute atomic E-state index is 0.134. The Hall–Kier alpha value is -1.43. The first-order valence-electron chi connectivity index (χ1n) is 8.21. The highest BCUT2D eigenvalue weighted by Crippen LogP contribution is 2.19. The number of carbonyl (C=O) groups excluding carboxylic acids is 1. The number of hydrogen-bond donors (Lipinski definition) is 2. The SMILES string of the molecule is O=C(CCn1cc(CNC2CC2)nn1)NC1CCCCC1. The highest BCUT2D eigenvalue weighted by atomic mass is 16.1. The maximum absolute atomic E-state index is 11.9. The van der Waals surface area contributed by atoms with Gasteiger partial charge in [-0.3, -0.25) is 9.48 Å². The lowest BCUT2D eigenvalue weighted by Crippen LogP contribution is -2.36. The van der Waals surface area contributed by atoms with Gasteiger partial charge in [-0.2, -0.15) is 0 Å². The topological polar surface area (TPSA) is 71.8 Å². The van der Waals surface area contributed by atoms with E-state index >= 15 is 0 Å². The molecule has 2 aliphatic carbocycles. The first-order valence-corrected chi connectivity index (χ1v) is 8.21. The van der Waals surface area contributed by atoms with Crippen LogP contribution in [0.3, 0.4) is 0 Å². The summed E-state index contributed by atoms with van der Waals surface area (Å²) < 4.78 is 1.77. The molecule has 3 rings (SSSR count). The van der Waals surface area contributed by atoms with E-state index in [0.717, 1.165) is 25.1 Å². The summed E-state index contributed by atoms with van der Waals surface area (Å²) in [5, 5.41) is 14.7. The van der Waals surface area contributed by atoms with Crippen molar-refractivity contribution >= 4 is 5.91 Å². The van der Waals surface area contributed by atoms with Crippen LogP contribution in [-0.2, 0) is 17.9 Å². The van der Waals surface area contributed by atoms with Gasteiger partial charge >= 0.3 is 0 Å². The van der Waals surface area contributed by atoms with Crippen molar-refractivity contribution in [1.82, 2.24) is 25.6 Å². The average Bonchev–Trinajstić information content (AvgIpc) is 3.22. The number of hydrogen-bond acceptors (Lipinski definition) is 4. The molecule has 2 fully saturated rings. The molecule has 116 valence electrons. The van der Waals surface area contributed by atoms with E-state index in [9.17, 15) is 4.79 Å². The lowest BCUT2D eigenvalue weighted by Gasteiger charge is -2.22. The van der Waals surface area contributed by atoms with Gasteiger partial charge < -0.3 is 10.6 Å². The molecule has 2 N–H and O–H groups in total. The van der Waals surface area contributed by atoms with E-state index in [4.69, 9.17) is 0 Å². The normalized spacial score (nSPS) is 19.6. The van der Waals surface area contributed by atoms with Crippen LogP contribution >= 0.6 is 0 Å². The monoisotopic (exact) mass is 291 g/mol. The Bertz CT molecular complexity index is 462. The molecule has 21 heavy (non-hydrogen) atoms. The Balaban J connectivity index is 1.36. The average molecular weight is 291 g/mol. The first kappa shape index (κ1) is 14.5. The minimum Gasteiger partial charge on any atom is -0.353 e. The number of rotatable bonds is 7. The van der Waals surface area contributed by atoms with Crippen molar-refractivity contribution < 1.29 is 4.79 Å². The summed E-state index contributed by atoms with van der Waals surface area (Å²) in [6.07, 6.45) is 11.0. The van der Waals surface area contributed by atoms with Crippen molar-refractivity contribution in [3.63, 3.8) is 0 Å². The molecule has 2 aliphatic rings. The van der Waals surface area contributed by atoms with Crippen molar-refractivity contribution in [2.75, 3.05) is 0 Å². The molecule has 0 atom stereocenters. The van der Waals surface area contributed by atoms with Crippen LogP contribution in [0.4, 0.5) is 0 Å². The number of carbonyl (C=O) groups is 1. The summed E-state index contributed by atoms with van der Waals surface area (Å²) in [5.41, 5.74) is 0.953. The zero-order chi connectivity index (χ0) is 14.5. The number of nitrogens with zero attached hydrogens (tertiary/aromatic N) is 3. The van der Waals surface area contributed by atoms with E-state index in [1.54, 1.807) is 4.68 Å². The van der Waals surface area contributed by atoms with E-state index in [-0.39, 0.29) is 5.91 Å². The number of amides is 1. The molecule has 0 unspecified atom stereocenters. The predicted molar refractivity (Wildman–Crippen MR) is 79.5 cm³/mol. The summed E-state index contributed by atoms with van der Waals surface area (Å²) in [7, 11) is 0. The smallest absolute Gasteiger partial charge is 0.222 e. The summed E-state index contributed by atoms with van der Waals surface area (Å²) in [5.74, 6) is 0.134. The maximum Gasteiger partial charge on any atom is 0.222 e. The van der Waals surface area contributed by atoms with Gasteiger partial charge in [0.15, 0.2) is 0 Å². The highest BCUT2D eigenvalue weighted by Gasteiger charge is 2.20. The molecule has 2 saturated carbocycles. The van der Waals surface area contributed by atoms with E-state index < -0.39 is 0 Å². The fraction of sp³-hybridized carbons (Fsp3) is 0.800. The third-order valence-electron chi connectivity index (χ3n) is 4.27. The van der Waals surface area contributed by atoms with Crippen LogP contribution in [0, 0.1) is 0 Å². The summed E-state index contributed by atoms with van der Waals surface area (Å²) in [4.78, 5) is 11.9. The fourth-order valence-corrected chi connectivity index (χ4v) is 2.83. The van der Waals surface area contributed by atoms with Crippen LogP contribution in [0.15, 0.2) is 6.20 Å². The number of nitrogens with one attached hydrogen (secondary N) is 2. The zero-order valence-corrected chi connectivity index (χ0v) is 12.6. The molecule has 0 bridgehead atoms. The van der Waals surface area contributed by atoms with Gasteiger partial charge in [-0.25, -0.2) is 0 Å². The second kappa shape index (κ2) is 7.02. The molecule has 6 nitrogen and oxygen atoms in total. The van der Waals surface area contributed by atoms with Gasteiger partial charge in [0.1, 0.15) is 0 Å². The van der Waals surface area contributed by atoms with Crippen LogP contribution in [0.1, 0.15) is 57.1 Å². The Kier molecular flexibility index (Phi) is 4.85. The lowest BCUT2D eigenvalue weighted by atomic mass is 9.95. The fourth-order valence-electron chi connectivity index (χ4n) is 2.83. The molecule has 1 heterocycles. The van der Waals surface area contributed by atoms with Crippen LogP contribution in [0.5, 0.6) is 0 Å². The van der Waals surface area contributed by atoms with Crippen molar-refractivity contribution in [3.8, 4) is 0 Å². The van der Waals surface area contributed by atoms with Crippen molar-refractivity contribution in [2.45, 2.75) is 76.5 Å². The molecule has 1 amide bonds. The molecule has 1 aromatic rings. The lowest BCUT2D eigenvalue weighted by molar-refractivity contribution is -0.122. The van der Waals surface area contributed by atoms with Crippen molar-refractivity contribution in [1.29, 1.82) is 0 Å². The third-order valence-corrected chi connectivity index (χ3v) is 4.27. The second-order valence-corrected chi connectivity index (χ2v) is 6.28. The van der Waals surface area contributed by atoms with Crippen LogP contribution in [0.2, 0.25) is 0 Å². The number of aryl methyl sites for hydroxylation is 1. The molecule has 6 heteroatoms. The van der Waals surface area contributed by atoms with E-state index in [1.165, 1.54) is 32.1 Å². The maximum atomic E-state index is 11.9. The van der Waals surface area contributed by atoms with Gasteiger partial charge in [0.05, 0.1) is 12.2 Å². The Morgan fingerprint density at radius 1 is 1.19 bits per heavy atom. The molecule has 0 saturated heterocycles. The third kappa shape index (κ3) is 4.81. The predicted octanol–water partition coefficient (Wildman–Crippen LogP) is 1.37. The van der Waals surface area contributed by atoms with E-state index in [2.05, 4.69) is 20.9 Å². The summed E-state index contributed by atoms with van der Waals surface area (Å²) in [6.45, 7) is 1.38. The van der Waals surface area contributed by atoms with Crippen molar-refractivity contribution in [3.05, 3.63) is 11.9 Å². The van der Waals surface area contributed by atoms with Gasteiger partial charge in [-0.05, 0) is 25.7 Å². The van der Waals surface area contributed by atoms with Crippen LogP contribution < -0.4 is 10.6 Å². The molecule has 0 aromatic carbocycles. The second-order valence-electron chi connectivity index (χ2n) is 6.28. The molecule has 0 aliphatic heterocycles. The van der Waals surface area contributed by atoms with Gasteiger partial charge in [-0.15, -0.1) is 5.10 Å². The Morgan fingerprint density at radius 3 is 2.76 bits per heavy atom. The molecule has 0 spiro atoms. The number of aromatic nitrogens is 3. The van der Waals surface area contributed by atoms with E-state index in [1.807, 2.05) is 6.20 Å². The van der Waals surface area contributed by atoms with Gasteiger partial charge in [-0.1, -0.05) is 24.5 Å². The van der Waals surface area contributed by atoms with Gasteiger partial charge in [0, 0.05) is 31.2 Å². The molecule has 0 radical (unpaired) electrons. The summed E-state index contributed by atoms with van der Waals surface area (Å²) in [6, 6.07) is 1.07. The Labute approximate surface area is 125 Å². The molecular weight excluding hydrogens is 266 g/mol. The van der Waals surface area contributed by atoms with Gasteiger partial charge in [0.25, 0.3) is 0 Å². The summed E-state index contributed by atoms with van der Waals surface area (Å²) >= 11 is 0. The van der Waals surface area contributed by atoms with Crippen molar-refractivity contribution in [2.24, 2.45) is 0 Å². The standard InChI is InChI=1S/C15H25N5O/c21-15(17-13-4-2-1-3-5-13)8-9-20-11-14(18-19-20)10-16-12-6-7-12/h11-13,16H,1-10H2,(H,17,21). The van der Waals surface area contributed by atoms with E-state index in [0.29, 0.717) is 25.0 Å². The zero-order valence-electron chi connectivity index (χ0n) is 12.6. The molecular formula is C15H25N5O. The Morgan fingerprint density at radius 2 is 2.00 bits per heavy atom. The quantitative estimate of drug-likeness (QED) is 0.796. The first-order chi connectivity index (χ1) is 10.3. The minimum atomic E-state index is 0.134. The largest absolute Gasteiger partial charge is 0.353 e. The van der Waals surface area contributed by atoms with Gasteiger partial charge in [0.2, 0.25) is 5.91 Å². The van der Waals surface area contributed by atoms with Crippen LogP contribution in [-0.4, -0.2) is 33.0 Å².